The van der Waals surface area contributed by atoms with Gasteiger partial charge in [-0.05, 0) is 18.4 Å². The van der Waals surface area contributed by atoms with Crippen molar-refractivity contribution in [2.75, 3.05) is 11.6 Å². The number of amides is 1. The highest BCUT2D eigenvalue weighted by atomic mass is 32.2. The fourth-order valence-corrected chi connectivity index (χ4v) is 3.43. The van der Waals surface area contributed by atoms with Gasteiger partial charge in [0.15, 0.2) is 0 Å². The predicted molar refractivity (Wildman–Crippen MR) is 79.3 cm³/mol. The van der Waals surface area contributed by atoms with Gasteiger partial charge < -0.3 is 15.2 Å². The van der Waals surface area contributed by atoms with Crippen LogP contribution in [0.4, 0.5) is 5.69 Å². The lowest BCUT2D eigenvalue weighted by atomic mass is 9.82. The molecule has 0 aliphatic carbocycles. The number of aliphatic carboxylic acids is 1. The Labute approximate surface area is 126 Å². The highest BCUT2D eigenvalue weighted by molar-refractivity contribution is 7.98. The molecule has 21 heavy (non-hydrogen) atoms. The molecule has 0 unspecified atom stereocenters. The van der Waals surface area contributed by atoms with E-state index in [1.807, 2.05) is 30.5 Å². The number of carboxylic acid groups (broad SMARTS) is 1. The number of carbonyl (C=O) groups is 2. The zero-order valence-corrected chi connectivity index (χ0v) is 12.2. The SMILES string of the molecule is CSc1ccccc1NC(=O)[C@@H]1[C@@H](C(=O)O)[C@@H]2C=C[C@H]1O2. The first-order chi connectivity index (χ1) is 10.1. The number of para-hydroxylation sites is 1. The molecule has 6 heteroatoms. The van der Waals surface area contributed by atoms with E-state index in [9.17, 15) is 14.7 Å². The van der Waals surface area contributed by atoms with Crippen molar-refractivity contribution in [1.29, 1.82) is 0 Å². The Morgan fingerprint density at radius 3 is 2.52 bits per heavy atom. The number of thioether (sulfide) groups is 1. The molecule has 1 saturated heterocycles. The fraction of sp³-hybridized carbons (Fsp3) is 0.333. The van der Waals surface area contributed by atoms with Crippen LogP contribution in [0.2, 0.25) is 0 Å². The van der Waals surface area contributed by atoms with Crippen molar-refractivity contribution in [3.63, 3.8) is 0 Å². The Kier molecular flexibility index (Phi) is 3.73. The summed E-state index contributed by atoms with van der Waals surface area (Å²) in [6.45, 7) is 0. The number of benzene rings is 1. The number of hydrogen-bond donors (Lipinski definition) is 2. The lowest BCUT2D eigenvalue weighted by Crippen LogP contribution is -2.39. The third-order valence-electron chi connectivity index (χ3n) is 3.85. The molecule has 2 aliphatic rings. The summed E-state index contributed by atoms with van der Waals surface area (Å²) in [5, 5.41) is 12.2. The molecule has 1 aromatic carbocycles. The van der Waals surface area contributed by atoms with E-state index in [2.05, 4.69) is 5.32 Å². The smallest absolute Gasteiger partial charge is 0.310 e. The molecule has 0 spiro atoms. The molecule has 1 aromatic rings. The van der Waals surface area contributed by atoms with E-state index < -0.39 is 30.0 Å². The minimum atomic E-state index is -0.995. The van der Waals surface area contributed by atoms with Crippen LogP contribution in [0.1, 0.15) is 0 Å². The van der Waals surface area contributed by atoms with Gasteiger partial charge in [-0.3, -0.25) is 9.59 Å². The standard InChI is InChI=1S/C15H15NO4S/c1-21-11-5-3-2-4-8(11)16-14(17)12-9-6-7-10(20-9)13(12)15(18)19/h2-7,9-10,12-13H,1H3,(H,16,17)(H,18,19)/t9-,10+,12+,13+/m1/s1. The fourth-order valence-electron chi connectivity index (χ4n) is 2.88. The van der Waals surface area contributed by atoms with Crippen LogP contribution in [0, 0.1) is 11.8 Å². The van der Waals surface area contributed by atoms with E-state index in [1.165, 1.54) is 11.8 Å². The minimum Gasteiger partial charge on any atom is -0.481 e. The summed E-state index contributed by atoms with van der Waals surface area (Å²) in [7, 11) is 0. The zero-order valence-electron chi connectivity index (χ0n) is 11.4. The Hall–Kier alpha value is -1.79. The molecular formula is C15H15NO4S. The van der Waals surface area contributed by atoms with Crippen LogP contribution >= 0.6 is 11.8 Å². The lowest BCUT2D eigenvalue weighted by molar-refractivity contribution is -0.145. The first kappa shape index (κ1) is 14.2. The molecular weight excluding hydrogens is 290 g/mol. The third kappa shape index (κ3) is 2.45. The summed E-state index contributed by atoms with van der Waals surface area (Å²) in [5.41, 5.74) is 0.700. The van der Waals surface area contributed by atoms with Crippen LogP contribution in [0.3, 0.4) is 0 Å². The minimum absolute atomic E-state index is 0.305. The predicted octanol–water partition coefficient (Wildman–Crippen LogP) is 2.00. The van der Waals surface area contributed by atoms with E-state index in [0.717, 1.165) is 4.90 Å². The second kappa shape index (κ2) is 5.54. The van der Waals surface area contributed by atoms with Gasteiger partial charge in [-0.25, -0.2) is 0 Å². The molecule has 2 bridgehead atoms. The van der Waals surface area contributed by atoms with Crippen molar-refractivity contribution in [3.05, 3.63) is 36.4 Å². The highest BCUT2D eigenvalue weighted by Gasteiger charge is 2.53. The summed E-state index contributed by atoms with van der Waals surface area (Å²) in [4.78, 5) is 24.8. The molecule has 2 aliphatic heterocycles. The number of anilines is 1. The quantitative estimate of drug-likeness (QED) is 0.657. The normalized spacial score (nSPS) is 29.6. The molecule has 3 rings (SSSR count). The average molecular weight is 305 g/mol. The van der Waals surface area contributed by atoms with Gasteiger partial charge in [0.05, 0.1) is 23.8 Å². The summed E-state index contributed by atoms with van der Waals surface area (Å²) in [6.07, 6.45) is 4.48. The van der Waals surface area contributed by atoms with Crippen molar-refractivity contribution in [3.8, 4) is 0 Å². The number of ether oxygens (including phenoxy) is 1. The van der Waals surface area contributed by atoms with Crippen molar-refractivity contribution in [1.82, 2.24) is 0 Å². The number of carbonyl (C=O) groups excluding carboxylic acids is 1. The van der Waals surface area contributed by atoms with E-state index in [4.69, 9.17) is 4.74 Å². The van der Waals surface area contributed by atoms with Crippen molar-refractivity contribution in [2.45, 2.75) is 17.1 Å². The molecule has 0 saturated carbocycles. The second-order valence-electron chi connectivity index (χ2n) is 5.03. The van der Waals surface area contributed by atoms with Crippen molar-refractivity contribution < 1.29 is 19.4 Å². The molecule has 110 valence electrons. The van der Waals surface area contributed by atoms with Gasteiger partial charge in [-0.1, -0.05) is 24.3 Å². The van der Waals surface area contributed by atoms with Crippen LogP contribution in [0.15, 0.2) is 41.3 Å². The number of rotatable bonds is 4. The lowest BCUT2D eigenvalue weighted by Gasteiger charge is -2.21. The third-order valence-corrected chi connectivity index (χ3v) is 4.65. The summed E-state index contributed by atoms with van der Waals surface area (Å²) in [6, 6.07) is 7.45. The first-order valence-corrected chi connectivity index (χ1v) is 7.85. The van der Waals surface area contributed by atoms with Crippen molar-refractivity contribution in [2.24, 2.45) is 11.8 Å². The summed E-state index contributed by atoms with van der Waals surface area (Å²) < 4.78 is 5.52. The molecule has 0 radical (unpaired) electrons. The van der Waals surface area contributed by atoms with E-state index in [0.29, 0.717) is 5.69 Å². The van der Waals surface area contributed by atoms with Crippen LogP contribution in [0.25, 0.3) is 0 Å². The monoisotopic (exact) mass is 305 g/mol. The average Bonchev–Trinajstić information content (AvgIpc) is 3.08. The van der Waals surface area contributed by atoms with Crippen LogP contribution in [0.5, 0.6) is 0 Å². The molecule has 2 heterocycles. The van der Waals surface area contributed by atoms with Crippen LogP contribution in [-0.4, -0.2) is 35.4 Å². The maximum atomic E-state index is 12.5. The first-order valence-electron chi connectivity index (χ1n) is 6.62. The van der Waals surface area contributed by atoms with Crippen LogP contribution < -0.4 is 5.32 Å². The van der Waals surface area contributed by atoms with Gasteiger partial charge in [0.1, 0.15) is 5.92 Å². The maximum Gasteiger partial charge on any atom is 0.310 e. The topological polar surface area (TPSA) is 75.6 Å². The molecule has 5 nitrogen and oxygen atoms in total. The van der Waals surface area contributed by atoms with Gasteiger partial charge in [0.2, 0.25) is 5.91 Å². The Morgan fingerprint density at radius 2 is 1.86 bits per heavy atom. The van der Waals surface area contributed by atoms with Gasteiger partial charge in [0.25, 0.3) is 0 Å². The van der Waals surface area contributed by atoms with E-state index in [1.54, 1.807) is 12.2 Å². The number of hydrogen-bond acceptors (Lipinski definition) is 4. The molecule has 0 aromatic heterocycles. The Morgan fingerprint density at radius 1 is 1.19 bits per heavy atom. The molecule has 4 atom stereocenters. The summed E-state index contributed by atoms with van der Waals surface area (Å²) in [5.74, 6) is -2.81. The van der Waals surface area contributed by atoms with Crippen LogP contribution in [-0.2, 0) is 14.3 Å². The van der Waals surface area contributed by atoms with E-state index in [-0.39, 0.29) is 5.91 Å². The van der Waals surface area contributed by atoms with Gasteiger partial charge in [0, 0.05) is 4.90 Å². The van der Waals surface area contributed by atoms with Crippen molar-refractivity contribution >= 4 is 29.3 Å². The molecule has 1 fully saturated rings. The number of carboxylic acids is 1. The van der Waals surface area contributed by atoms with Gasteiger partial charge in [-0.15, -0.1) is 11.8 Å². The Balaban J connectivity index is 1.82. The molecule has 2 N–H and O–H groups in total. The maximum absolute atomic E-state index is 12.5. The number of fused-ring (bicyclic) bond motifs is 2. The zero-order chi connectivity index (χ0) is 15.0. The highest BCUT2D eigenvalue weighted by Crippen LogP contribution is 2.40. The van der Waals surface area contributed by atoms with E-state index >= 15 is 0 Å². The number of nitrogens with one attached hydrogen (secondary N) is 1. The molecule has 1 amide bonds. The van der Waals surface area contributed by atoms with Gasteiger partial charge >= 0.3 is 5.97 Å². The summed E-state index contributed by atoms with van der Waals surface area (Å²) >= 11 is 1.53. The largest absolute Gasteiger partial charge is 0.481 e. The van der Waals surface area contributed by atoms with Gasteiger partial charge in [-0.2, -0.15) is 0 Å². The second-order valence-corrected chi connectivity index (χ2v) is 5.88. The Bertz CT molecular complexity index is 615.